The van der Waals surface area contributed by atoms with E-state index in [0.717, 1.165) is 16.5 Å². The zero-order valence-corrected chi connectivity index (χ0v) is 17.0. The maximum atomic E-state index is 13.5. The van der Waals surface area contributed by atoms with Crippen molar-refractivity contribution in [2.24, 2.45) is 0 Å². The van der Waals surface area contributed by atoms with Gasteiger partial charge in [0, 0.05) is 11.1 Å². The first kappa shape index (κ1) is 18.9. The van der Waals surface area contributed by atoms with Crippen LogP contribution in [0.5, 0.6) is 0 Å². The Morgan fingerprint density at radius 2 is 1.84 bits per heavy atom. The standard InChI is InChI=1S/C25H19NO5/c1-14-9-10-15(2)17(12-14)26-22(19-8-5-11-30-19)21(24(28)25(26)29)23(27)20-13-16-6-3-4-7-18(16)31-20/h3-13,22,28H,1-2H3. The van der Waals surface area contributed by atoms with E-state index in [1.807, 2.05) is 50.2 Å². The van der Waals surface area contributed by atoms with Crippen LogP contribution in [0, 0.1) is 13.8 Å². The van der Waals surface area contributed by atoms with Crippen molar-refractivity contribution < 1.29 is 23.5 Å². The summed E-state index contributed by atoms with van der Waals surface area (Å²) in [5.41, 5.74) is 2.87. The van der Waals surface area contributed by atoms with Crippen LogP contribution in [0.1, 0.15) is 33.5 Å². The predicted molar refractivity (Wildman–Crippen MR) is 115 cm³/mol. The summed E-state index contributed by atoms with van der Waals surface area (Å²) < 4.78 is 11.3. The molecule has 1 atom stereocenters. The van der Waals surface area contributed by atoms with Gasteiger partial charge in [-0.2, -0.15) is 0 Å². The molecule has 0 saturated carbocycles. The van der Waals surface area contributed by atoms with Crippen molar-refractivity contribution in [2.45, 2.75) is 19.9 Å². The average molecular weight is 413 g/mol. The Bertz CT molecular complexity index is 1330. The SMILES string of the molecule is Cc1ccc(C)c(N2C(=O)C(O)=C(C(=O)c3cc4ccccc4o3)C2c2ccco2)c1. The van der Waals surface area contributed by atoms with E-state index in [4.69, 9.17) is 8.83 Å². The molecule has 0 radical (unpaired) electrons. The lowest BCUT2D eigenvalue weighted by Gasteiger charge is -2.26. The third-order valence-corrected chi connectivity index (χ3v) is 5.54. The number of carbonyl (C=O) groups is 2. The second-order valence-corrected chi connectivity index (χ2v) is 7.62. The summed E-state index contributed by atoms with van der Waals surface area (Å²) in [7, 11) is 0. The molecule has 4 aromatic rings. The van der Waals surface area contributed by atoms with E-state index >= 15 is 0 Å². The normalized spacial score (nSPS) is 16.5. The van der Waals surface area contributed by atoms with Crippen LogP contribution >= 0.6 is 0 Å². The Morgan fingerprint density at radius 3 is 2.58 bits per heavy atom. The largest absolute Gasteiger partial charge is 0.503 e. The second-order valence-electron chi connectivity index (χ2n) is 7.62. The summed E-state index contributed by atoms with van der Waals surface area (Å²) in [6.07, 6.45) is 1.47. The number of hydrogen-bond acceptors (Lipinski definition) is 5. The highest BCUT2D eigenvalue weighted by Crippen LogP contribution is 2.43. The summed E-state index contributed by atoms with van der Waals surface area (Å²) >= 11 is 0. The number of anilines is 1. The Labute approximate surface area is 178 Å². The van der Waals surface area contributed by atoms with Crippen molar-refractivity contribution >= 4 is 28.3 Å². The maximum Gasteiger partial charge on any atom is 0.294 e. The monoisotopic (exact) mass is 413 g/mol. The smallest absolute Gasteiger partial charge is 0.294 e. The predicted octanol–water partition coefficient (Wildman–Crippen LogP) is 5.43. The highest BCUT2D eigenvalue weighted by Gasteiger charge is 2.47. The van der Waals surface area contributed by atoms with Crippen molar-refractivity contribution in [3.63, 3.8) is 0 Å². The number of hydrogen-bond donors (Lipinski definition) is 1. The molecule has 1 aliphatic heterocycles. The quantitative estimate of drug-likeness (QED) is 0.451. The van der Waals surface area contributed by atoms with Crippen molar-refractivity contribution in [1.29, 1.82) is 0 Å². The van der Waals surface area contributed by atoms with Crippen LogP contribution in [0.4, 0.5) is 5.69 Å². The molecule has 1 aliphatic rings. The van der Waals surface area contributed by atoms with Crippen LogP contribution in [0.3, 0.4) is 0 Å². The van der Waals surface area contributed by atoms with E-state index in [2.05, 4.69) is 0 Å². The van der Waals surface area contributed by atoms with Crippen molar-refractivity contribution in [1.82, 2.24) is 0 Å². The number of Topliss-reactive ketones (excluding diaryl/α,β-unsaturated/α-hetero) is 1. The van der Waals surface area contributed by atoms with Crippen LogP contribution in [0.15, 0.2) is 87.1 Å². The number of carbonyl (C=O) groups excluding carboxylic acids is 2. The van der Waals surface area contributed by atoms with E-state index in [9.17, 15) is 14.7 Å². The molecule has 0 fully saturated rings. The minimum Gasteiger partial charge on any atom is -0.503 e. The molecule has 0 aliphatic carbocycles. The first-order valence-electron chi connectivity index (χ1n) is 9.86. The van der Waals surface area contributed by atoms with Gasteiger partial charge in [0.1, 0.15) is 17.4 Å². The van der Waals surface area contributed by atoms with Gasteiger partial charge in [0.25, 0.3) is 5.91 Å². The van der Waals surface area contributed by atoms with Gasteiger partial charge in [-0.3, -0.25) is 14.5 Å². The fraction of sp³-hybridized carbons (Fsp3) is 0.120. The second kappa shape index (κ2) is 7.02. The van der Waals surface area contributed by atoms with Gasteiger partial charge < -0.3 is 13.9 Å². The van der Waals surface area contributed by atoms with E-state index in [-0.39, 0.29) is 11.3 Å². The molecule has 31 heavy (non-hydrogen) atoms. The number of fused-ring (bicyclic) bond motifs is 1. The molecular weight excluding hydrogens is 394 g/mol. The minimum atomic E-state index is -0.913. The van der Waals surface area contributed by atoms with E-state index < -0.39 is 23.5 Å². The molecule has 2 aromatic carbocycles. The van der Waals surface area contributed by atoms with E-state index in [0.29, 0.717) is 17.0 Å². The lowest BCUT2D eigenvalue weighted by Crippen LogP contribution is -2.31. The Balaban J connectivity index is 1.67. The van der Waals surface area contributed by atoms with Gasteiger partial charge in [0.05, 0.1) is 11.8 Å². The lowest BCUT2D eigenvalue weighted by molar-refractivity contribution is -0.117. The molecule has 6 nitrogen and oxygen atoms in total. The van der Waals surface area contributed by atoms with E-state index in [1.165, 1.54) is 11.2 Å². The van der Waals surface area contributed by atoms with Gasteiger partial charge >= 0.3 is 0 Å². The molecule has 2 aromatic heterocycles. The molecule has 1 amide bonds. The lowest BCUT2D eigenvalue weighted by atomic mass is 9.98. The van der Waals surface area contributed by atoms with Gasteiger partial charge in [-0.15, -0.1) is 0 Å². The topological polar surface area (TPSA) is 83.9 Å². The summed E-state index contributed by atoms with van der Waals surface area (Å²) in [4.78, 5) is 28.1. The van der Waals surface area contributed by atoms with Crippen LogP contribution < -0.4 is 4.90 Å². The highest BCUT2D eigenvalue weighted by atomic mass is 16.3. The third-order valence-electron chi connectivity index (χ3n) is 5.54. The summed E-state index contributed by atoms with van der Waals surface area (Å²) in [5, 5.41) is 11.6. The number of aryl methyl sites for hydroxylation is 2. The molecule has 3 heterocycles. The number of furan rings is 2. The molecule has 5 rings (SSSR count). The molecule has 6 heteroatoms. The van der Waals surface area contributed by atoms with Crippen molar-refractivity contribution in [2.75, 3.05) is 4.90 Å². The van der Waals surface area contributed by atoms with Gasteiger partial charge in [-0.25, -0.2) is 0 Å². The number of benzene rings is 2. The number of aliphatic hydroxyl groups is 1. The zero-order valence-electron chi connectivity index (χ0n) is 17.0. The Kier molecular flexibility index (Phi) is 4.29. The van der Waals surface area contributed by atoms with Gasteiger partial charge in [-0.05, 0) is 55.3 Å². The Morgan fingerprint density at radius 1 is 1.03 bits per heavy atom. The molecule has 154 valence electrons. The number of ketones is 1. The fourth-order valence-corrected chi connectivity index (χ4v) is 4.01. The highest BCUT2D eigenvalue weighted by molar-refractivity contribution is 6.20. The van der Waals surface area contributed by atoms with E-state index in [1.54, 1.807) is 24.3 Å². The first-order valence-corrected chi connectivity index (χ1v) is 9.86. The molecule has 0 saturated heterocycles. The van der Waals surface area contributed by atoms with Crippen molar-refractivity contribution in [3.05, 3.63) is 101 Å². The molecule has 1 unspecified atom stereocenters. The number of para-hydroxylation sites is 1. The zero-order chi connectivity index (χ0) is 21.7. The van der Waals surface area contributed by atoms with Crippen molar-refractivity contribution in [3.8, 4) is 0 Å². The summed E-state index contributed by atoms with van der Waals surface area (Å²) in [6, 6.07) is 17.0. The number of aliphatic hydroxyl groups excluding tert-OH is 1. The average Bonchev–Trinajstić information content (AvgIpc) is 3.48. The number of amides is 1. The Hall–Kier alpha value is -4.06. The first-order chi connectivity index (χ1) is 15.0. The molecule has 0 spiro atoms. The number of rotatable bonds is 4. The van der Waals surface area contributed by atoms with Crippen LogP contribution in [-0.2, 0) is 4.79 Å². The third kappa shape index (κ3) is 2.95. The fourth-order valence-electron chi connectivity index (χ4n) is 4.01. The number of nitrogens with zero attached hydrogens (tertiary/aromatic N) is 1. The van der Waals surface area contributed by atoms with Crippen LogP contribution in [0.2, 0.25) is 0 Å². The van der Waals surface area contributed by atoms with Gasteiger partial charge in [0.2, 0.25) is 5.78 Å². The summed E-state index contributed by atoms with van der Waals surface area (Å²) in [6.45, 7) is 3.79. The minimum absolute atomic E-state index is 0.0509. The van der Waals surface area contributed by atoms with Gasteiger partial charge in [-0.1, -0.05) is 30.3 Å². The van der Waals surface area contributed by atoms with Gasteiger partial charge in [0.15, 0.2) is 11.5 Å². The van der Waals surface area contributed by atoms with Crippen LogP contribution in [-0.4, -0.2) is 16.8 Å². The van der Waals surface area contributed by atoms with Crippen LogP contribution in [0.25, 0.3) is 11.0 Å². The molecule has 1 N–H and O–H groups in total. The summed E-state index contributed by atoms with van der Waals surface area (Å²) in [5.74, 6) is -1.40. The molecular formula is C25H19NO5. The maximum absolute atomic E-state index is 13.5. The molecule has 0 bridgehead atoms.